The highest BCUT2D eigenvalue weighted by molar-refractivity contribution is 5.38. The Kier molecular flexibility index (Phi) is 16.2. The molecule has 1 rings (SSSR count). The predicted octanol–water partition coefficient (Wildman–Crippen LogP) is 9.68. The van der Waals surface area contributed by atoms with Gasteiger partial charge in [0.15, 0.2) is 0 Å². The van der Waals surface area contributed by atoms with Gasteiger partial charge in [0.05, 0.1) is 11.7 Å². The summed E-state index contributed by atoms with van der Waals surface area (Å²) < 4.78 is 0. The van der Waals surface area contributed by atoms with Gasteiger partial charge < -0.3 is 15.3 Å². The highest BCUT2D eigenvalue weighted by Crippen LogP contribution is 2.41. The zero-order valence-electron chi connectivity index (χ0n) is 28.2. The van der Waals surface area contributed by atoms with Crippen LogP contribution in [0.3, 0.4) is 0 Å². The number of hydrogen-bond donors (Lipinski definition) is 3. The summed E-state index contributed by atoms with van der Waals surface area (Å²) in [6, 6.07) is 0. The fraction of sp³-hybridized carbons (Fsp3) is 0.400. The number of rotatable bonds is 13. The first kappa shape index (κ1) is 37.8. The molecule has 1 aliphatic carbocycles. The molecule has 0 heterocycles. The molecule has 0 spiro atoms. The molecule has 3 nitrogen and oxygen atoms in total. The van der Waals surface area contributed by atoms with Gasteiger partial charge in [-0.1, -0.05) is 151 Å². The summed E-state index contributed by atoms with van der Waals surface area (Å²) in [5.74, 6) is 0. The van der Waals surface area contributed by atoms with Crippen molar-refractivity contribution in [1.29, 1.82) is 0 Å². The van der Waals surface area contributed by atoms with Gasteiger partial charge in [-0.15, -0.1) is 0 Å². The second-order valence-electron chi connectivity index (χ2n) is 12.9. The van der Waals surface area contributed by atoms with E-state index in [1.165, 1.54) is 22.3 Å². The van der Waals surface area contributed by atoms with E-state index in [2.05, 4.69) is 102 Å². The van der Waals surface area contributed by atoms with E-state index in [-0.39, 0.29) is 11.5 Å². The normalized spacial score (nSPS) is 21.3. The van der Waals surface area contributed by atoms with Crippen molar-refractivity contribution in [2.24, 2.45) is 5.41 Å². The van der Waals surface area contributed by atoms with Crippen molar-refractivity contribution >= 4 is 0 Å². The van der Waals surface area contributed by atoms with Crippen LogP contribution in [0.4, 0.5) is 0 Å². The van der Waals surface area contributed by atoms with E-state index in [4.69, 9.17) is 0 Å². The number of aliphatic hydroxyl groups is 3. The monoisotopic (exact) mass is 584 g/mol. The molecular weight excluding hydrogens is 528 g/mol. The molecule has 0 bridgehead atoms. The molecule has 234 valence electrons. The highest BCUT2D eigenvalue weighted by atomic mass is 16.3. The van der Waals surface area contributed by atoms with Crippen molar-refractivity contribution < 1.29 is 15.3 Å². The van der Waals surface area contributed by atoms with Gasteiger partial charge in [-0.25, -0.2) is 0 Å². The Hall–Kier alpha value is -3.24. The first-order valence-corrected chi connectivity index (χ1v) is 15.2. The van der Waals surface area contributed by atoms with Gasteiger partial charge in [0.1, 0.15) is 6.10 Å². The molecule has 0 aromatic rings. The molecule has 0 fully saturated rings. The lowest BCUT2D eigenvalue weighted by Gasteiger charge is -2.35. The third-order valence-corrected chi connectivity index (χ3v) is 7.24. The van der Waals surface area contributed by atoms with Gasteiger partial charge >= 0.3 is 0 Å². The molecule has 2 unspecified atom stereocenters. The van der Waals surface area contributed by atoms with E-state index in [1.807, 2.05) is 50.3 Å². The van der Waals surface area contributed by atoms with Crippen molar-refractivity contribution in [3.63, 3.8) is 0 Å². The lowest BCUT2D eigenvalue weighted by Crippen LogP contribution is -2.34. The smallest absolute Gasteiger partial charge is 0.101 e. The molecule has 3 heteroatoms. The van der Waals surface area contributed by atoms with Gasteiger partial charge in [-0.2, -0.15) is 0 Å². The Morgan fingerprint density at radius 3 is 1.53 bits per heavy atom. The van der Waals surface area contributed by atoms with Gasteiger partial charge in [-0.3, -0.25) is 0 Å². The lowest BCUT2D eigenvalue weighted by atomic mass is 9.71. The second kappa shape index (κ2) is 18.4. The topological polar surface area (TPSA) is 60.7 Å². The molecule has 43 heavy (non-hydrogen) atoms. The third kappa shape index (κ3) is 16.3. The van der Waals surface area contributed by atoms with Crippen LogP contribution in [0.2, 0.25) is 0 Å². The third-order valence-electron chi connectivity index (χ3n) is 7.24. The summed E-state index contributed by atoms with van der Waals surface area (Å²) in [5, 5.41) is 29.8. The van der Waals surface area contributed by atoms with Crippen LogP contribution < -0.4 is 0 Å². The van der Waals surface area contributed by atoms with Crippen molar-refractivity contribution in [1.82, 2.24) is 0 Å². The zero-order chi connectivity index (χ0) is 32.6. The Balaban J connectivity index is 2.63. The van der Waals surface area contributed by atoms with Crippen molar-refractivity contribution in [2.75, 3.05) is 0 Å². The fourth-order valence-electron chi connectivity index (χ4n) is 4.62. The maximum Gasteiger partial charge on any atom is 0.101 e. The van der Waals surface area contributed by atoms with Crippen LogP contribution >= 0.6 is 0 Å². The Bertz CT molecular complexity index is 1290. The lowest BCUT2D eigenvalue weighted by molar-refractivity contribution is -0.0226. The van der Waals surface area contributed by atoms with Gasteiger partial charge in [0.25, 0.3) is 0 Å². The molecule has 0 aliphatic heterocycles. The number of aliphatic hydroxyl groups excluding tert-OH is 2. The molecular formula is C40H56O3. The zero-order valence-corrected chi connectivity index (χ0v) is 28.2. The average molecular weight is 585 g/mol. The van der Waals surface area contributed by atoms with Crippen LogP contribution in [0.5, 0.6) is 0 Å². The summed E-state index contributed by atoms with van der Waals surface area (Å²) in [5.41, 5.74) is 7.10. The highest BCUT2D eigenvalue weighted by Gasteiger charge is 2.31. The standard InChI is InChI=1S/C40H56O3/c1-30(18-13-20-32(3)21-15-23-34(5)25-27-38(42)40(9,10)43)16-11-12-17-31(2)19-14-22-33(4)24-26-37-35(6)28-36(41)29-39(37,7)8/h11-27,36,38,41-43H,28-29H2,1-10H3. The number of hydrogen-bond acceptors (Lipinski definition) is 3. The molecule has 3 N–H and O–H groups in total. The largest absolute Gasteiger partial charge is 0.393 e. The van der Waals surface area contributed by atoms with Crippen LogP contribution in [0.15, 0.2) is 142 Å². The molecule has 0 aromatic carbocycles. The predicted molar refractivity (Wildman–Crippen MR) is 188 cm³/mol. The maximum absolute atomic E-state index is 10.1. The van der Waals surface area contributed by atoms with E-state index < -0.39 is 11.7 Å². The maximum atomic E-state index is 10.1. The molecule has 0 radical (unpaired) electrons. The minimum atomic E-state index is -1.15. The summed E-state index contributed by atoms with van der Waals surface area (Å²) in [7, 11) is 0. The average Bonchev–Trinajstić information content (AvgIpc) is 2.88. The fourth-order valence-corrected chi connectivity index (χ4v) is 4.62. The second-order valence-corrected chi connectivity index (χ2v) is 12.9. The first-order valence-electron chi connectivity index (χ1n) is 15.2. The summed E-state index contributed by atoms with van der Waals surface area (Å²) in [6.45, 7) is 20.0. The van der Waals surface area contributed by atoms with Gasteiger partial charge in [0.2, 0.25) is 0 Å². The summed E-state index contributed by atoms with van der Waals surface area (Å²) >= 11 is 0. The Morgan fingerprint density at radius 2 is 1.12 bits per heavy atom. The van der Waals surface area contributed by atoms with Crippen molar-refractivity contribution in [3.05, 3.63) is 142 Å². The van der Waals surface area contributed by atoms with Crippen LogP contribution in [0.1, 0.15) is 82.1 Å². The Morgan fingerprint density at radius 1 is 0.721 bits per heavy atom. The van der Waals surface area contributed by atoms with Gasteiger partial charge in [0, 0.05) is 0 Å². The van der Waals surface area contributed by atoms with Crippen LogP contribution in [0, 0.1) is 5.41 Å². The van der Waals surface area contributed by atoms with E-state index in [0.29, 0.717) is 0 Å². The molecule has 2 atom stereocenters. The summed E-state index contributed by atoms with van der Waals surface area (Å²) in [4.78, 5) is 0. The molecule has 0 saturated heterocycles. The van der Waals surface area contributed by atoms with Crippen LogP contribution in [0.25, 0.3) is 0 Å². The first-order chi connectivity index (χ1) is 20.0. The van der Waals surface area contributed by atoms with Crippen LogP contribution in [-0.4, -0.2) is 33.1 Å². The molecule has 1 aliphatic rings. The number of allylic oxidation sites excluding steroid dienone is 22. The minimum Gasteiger partial charge on any atom is -0.393 e. The van der Waals surface area contributed by atoms with Crippen LogP contribution in [-0.2, 0) is 0 Å². The Labute approximate surface area is 262 Å². The van der Waals surface area contributed by atoms with E-state index in [9.17, 15) is 15.3 Å². The van der Waals surface area contributed by atoms with E-state index in [0.717, 1.165) is 29.6 Å². The minimum absolute atomic E-state index is 0.00222. The molecule has 0 amide bonds. The van der Waals surface area contributed by atoms with Crippen molar-refractivity contribution in [2.45, 2.75) is 99.9 Å². The van der Waals surface area contributed by atoms with Gasteiger partial charge in [-0.05, 0) is 79.2 Å². The van der Waals surface area contributed by atoms with E-state index >= 15 is 0 Å². The quantitative estimate of drug-likeness (QED) is 0.189. The van der Waals surface area contributed by atoms with E-state index in [1.54, 1.807) is 19.9 Å². The van der Waals surface area contributed by atoms with Crippen molar-refractivity contribution in [3.8, 4) is 0 Å². The molecule has 0 aromatic heterocycles. The molecule has 0 saturated carbocycles. The summed E-state index contributed by atoms with van der Waals surface area (Å²) in [6.07, 6.45) is 35.0. The SMILES string of the molecule is CC(C=CC=C(C)C=CC=C(C)C=CC(O)C(C)(C)O)=CC=CC=C(C)C=CC=C(C)C=CC1=C(C)CC(O)CC1(C)C.